The molecule has 416 valence electrons. The molecule has 0 aliphatic rings. The Morgan fingerprint density at radius 2 is 1.04 bits per heavy atom. The average molecular weight is 1070 g/mol. The molecule has 12 heteroatoms. The number of benzene rings is 5. The first-order valence-corrected chi connectivity index (χ1v) is 28.1. The van der Waals surface area contributed by atoms with E-state index in [1.165, 1.54) is 38.3 Å². The second kappa shape index (κ2) is 29.4. The van der Waals surface area contributed by atoms with Crippen LogP contribution in [0.25, 0.3) is 54.6 Å². The Morgan fingerprint density at radius 1 is 0.438 bits per heavy atom. The van der Waals surface area contributed by atoms with Crippen molar-refractivity contribution >= 4 is 54.6 Å². The summed E-state index contributed by atoms with van der Waals surface area (Å²) in [6.07, 6.45) is 19.3. The molecule has 0 atom stereocenters. The molecule has 7 aromatic heterocycles. The highest BCUT2D eigenvalue weighted by atomic mass is 15.3. The van der Waals surface area contributed by atoms with Crippen molar-refractivity contribution in [1.29, 1.82) is 5.26 Å². The number of nitrogens with zero attached hydrogens (tertiary/aromatic N) is 12. The second-order valence-electron chi connectivity index (χ2n) is 21.8. The van der Waals surface area contributed by atoms with Gasteiger partial charge in [-0.1, -0.05) is 80.6 Å². The number of para-hydroxylation sites is 5. The fourth-order valence-corrected chi connectivity index (χ4v) is 8.86. The topological polar surface area (TPSA) is 118 Å². The standard InChI is InChI=1S/C13H14N2.C12H13N.C11H13N.2C10H12N2.2C6H10N2/c1-9(2)15-5-4-12-11(8-14)6-10(3)7-13(12)15;1-9(2)11-7-10-5-3-4-6-12(10)13-8-11;1-9(2)12-8-7-10-5-3-4-6-11(10)12;1-8(2)12-7-11-9-5-3-4-6-10(9)12;1-8(2)12-10-6-4-3-5-9(10)7-11-12;1-6(2)8-4-3-7-5-8;1-6(2)8-5-3-4-7-8/h4-7,9H,1-3H3;3-9H,1-2H3;3-9H,1-2H3;2*3-8H,1-2H3;2*3-6H,1-2H3. The molecule has 0 bridgehead atoms. The van der Waals surface area contributed by atoms with Crippen LogP contribution >= 0.6 is 0 Å². The van der Waals surface area contributed by atoms with Crippen molar-refractivity contribution < 1.29 is 0 Å². The van der Waals surface area contributed by atoms with Crippen molar-refractivity contribution in [2.45, 2.75) is 146 Å². The van der Waals surface area contributed by atoms with Gasteiger partial charge in [0.2, 0.25) is 0 Å². The Bertz CT molecular complexity index is 3530. The Hall–Kier alpha value is -8.56. The van der Waals surface area contributed by atoms with E-state index < -0.39 is 0 Å². The van der Waals surface area contributed by atoms with Crippen LogP contribution in [0.1, 0.15) is 156 Å². The lowest BCUT2D eigenvalue weighted by molar-refractivity contribution is 0.532. The summed E-state index contributed by atoms with van der Waals surface area (Å²) in [5.74, 6) is 0.553. The summed E-state index contributed by atoms with van der Waals surface area (Å²) in [6, 6.07) is 50.7. The minimum Gasteiger partial charge on any atom is -0.345 e. The second-order valence-corrected chi connectivity index (χ2v) is 21.8. The molecule has 0 aliphatic heterocycles. The maximum atomic E-state index is 9.05. The Balaban J connectivity index is 0.000000152. The smallest absolute Gasteiger partial charge is 0.0998 e. The monoisotopic (exact) mass is 1070 g/mol. The van der Waals surface area contributed by atoms with Gasteiger partial charge >= 0.3 is 0 Å². The van der Waals surface area contributed by atoms with Gasteiger partial charge in [-0.2, -0.15) is 15.5 Å². The largest absolute Gasteiger partial charge is 0.345 e. The van der Waals surface area contributed by atoms with Crippen molar-refractivity contribution in [2.24, 2.45) is 0 Å². The molecular weight excluding hydrogens is 985 g/mol. The minimum atomic E-state index is 0.427. The van der Waals surface area contributed by atoms with Gasteiger partial charge in [0.05, 0.1) is 52.6 Å². The van der Waals surface area contributed by atoms with Crippen molar-refractivity contribution in [1.82, 2.24) is 52.8 Å². The van der Waals surface area contributed by atoms with E-state index in [0.29, 0.717) is 42.2 Å². The van der Waals surface area contributed by atoms with Gasteiger partial charge in [-0.15, -0.1) is 0 Å². The average Bonchev–Trinajstić information content (AvgIpc) is 4.34. The van der Waals surface area contributed by atoms with Gasteiger partial charge in [0.1, 0.15) is 0 Å². The molecule has 0 radical (unpaired) electrons. The van der Waals surface area contributed by atoms with Gasteiger partial charge in [-0.25, -0.2) is 9.97 Å². The Labute approximate surface area is 475 Å². The number of fused-ring (bicyclic) bond motifs is 5. The third-order valence-electron chi connectivity index (χ3n) is 13.3. The van der Waals surface area contributed by atoms with E-state index >= 15 is 0 Å². The molecule has 0 saturated carbocycles. The van der Waals surface area contributed by atoms with E-state index in [0.717, 1.165) is 33.1 Å². The number of hydrogen-bond acceptors (Lipinski definition) is 6. The first-order chi connectivity index (χ1) is 38.4. The molecule has 0 fully saturated rings. The molecule has 0 saturated heterocycles. The molecule has 12 aromatic rings. The van der Waals surface area contributed by atoms with Crippen molar-refractivity contribution in [3.05, 3.63) is 212 Å². The fourth-order valence-electron chi connectivity index (χ4n) is 8.86. The SMILES string of the molecule is CC(C)c1cnc2ccccc2c1.CC(C)n1ccc2ccccc21.CC(C)n1cccn1.CC(C)n1ccnc1.CC(C)n1cnc2ccccc21.CC(C)n1ncc2ccccc21.Cc1cc(C#N)c2ccn(C(C)C)c2c1. The van der Waals surface area contributed by atoms with Crippen LogP contribution in [0.4, 0.5) is 0 Å². The maximum Gasteiger partial charge on any atom is 0.0998 e. The lowest BCUT2D eigenvalue weighted by atomic mass is 10.0. The third-order valence-corrected chi connectivity index (χ3v) is 13.3. The zero-order valence-corrected chi connectivity index (χ0v) is 49.9. The van der Waals surface area contributed by atoms with Crippen LogP contribution in [0.15, 0.2) is 196 Å². The molecule has 12 nitrogen and oxygen atoms in total. The van der Waals surface area contributed by atoms with Crippen molar-refractivity contribution in [3.63, 3.8) is 0 Å². The lowest BCUT2D eigenvalue weighted by Crippen LogP contribution is -2.01. The van der Waals surface area contributed by atoms with Gasteiger partial charge in [0.15, 0.2) is 0 Å². The van der Waals surface area contributed by atoms with Crippen LogP contribution in [0.3, 0.4) is 0 Å². The highest BCUT2D eigenvalue weighted by Crippen LogP contribution is 2.25. The summed E-state index contributed by atoms with van der Waals surface area (Å²) in [6.45, 7) is 32.2. The molecular formula is C68H84N12. The summed E-state index contributed by atoms with van der Waals surface area (Å²) in [7, 11) is 0. The van der Waals surface area contributed by atoms with Crippen LogP contribution in [0.5, 0.6) is 0 Å². The van der Waals surface area contributed by atoms with Gasteiger partial charge in [-0.3, -0.25) is 14.3 Å². The summed E-state index contributed by atoms with van der Waals surface area (Å²) in [5, 5.41) is 22.2. The number of hydrogen-bond donors (Lipinski definition) is 0. The number of nitriles is 1. The highest BCUT2D eigenvalue weighted by Gasteiger charge is 2.09. The molecule has 7 heterocycles. The minimum absolute atomic E-state index is 0.427. The molecule has 0 spiro atoms. The molecule has 0 unspecified atom stereocenters. The summed E-state index contributed by atoms with van der Waals surface area (Å²) in [5.41, 5.74) is 10.3. The molecule has 0 N–H and O–H groups in total. The summed E-state index contributed by atoms with van der Waals surface area (Å²) < 4.78 is 12.7. The summed E-state index contributed by atoms with van der Waals surface area (Å²) in [4.78, 5) is 12.6. The fraction of sp³-hybridized carbons (Fsp3) is 0.324. The van der Waals surface area contributed by atoms with Gasteiger partial charge in [0.25, 0.3) is 0 Å². The summed E-state index contributed by atoms with van der Waals surface area (Å²) >= 11 is 0. The van der Waals surface area contributed by atoms with Gasteiger partial charge in [0, 0.05) is 107 Å². The lowest BCUT2D eigenvalue weighted by Gasteiger charge is -2.09. The van der Waals surface area contributed by atoms with Crippen LogP contribution in [-0.4, -0.2) is 52.8 Å². The van der Waals surface area contributed by atoms with Gasteiger partial charge < -0.3 is 18.3 Å². The van der Waals surface area contributed by atoms with E-state index in [4.69, 9.17) is 5.26 Å². The first kappa shape index (κ1) is 60.7. The first-order valence-electron chi connectivity index (χ1n) is 28.1. The van der Waals surface area contributed by atoms with Crippen LogP contribution < -0.4 is 0 Å². The van der Waals surface area contributed by atoms with E-state index in [-0.39, 0.29) is 0 Å². The van der Waals surface area contributed by atoms with E-state index in [1.54, 1.807) is 12.4 Å². The highest BCUT2D eigenvalue weighted by molar-refractivity contribution is 5.87. The van der Waals surface area contributed by atoms with E-state index in [9.17, 15) is 0 Å². The van der Waals surface area contributed by atoms with Gasteiger partial charge in [-0.05, 0) is 179 Å². The van der Waals surface area contributed by atoms with Crippen molar-refractivity contribution in [3.8, 4) is 6.07 Å². The Kier molecular flexibility index (Phi) is 22.3. The number of pyridine rings is 1. The molecule has 12 rings (SSSR count). The predicted octanol–water partition coefficient (Wildman–Crippen LogP) is 18.1. The molecule has 5 aromatic carbocycles. The molecule has 0 aliphatic carbocycles. The zero-order chi connectivity index (χ0) is 57.9. The van der Waals surface area contributed by atoms with Crippen LogP contribution in [-0.2, 0) is 0 Å². The Morgan fingerprint density at radius 3 is 1.60 bits per heavy atom. The molecule has 0 amide bonds. The van der Waals surface area contributed by atoms with Crippen LogP contribution in [0.2, 0.25) is 0 Å². The maximum absolute atomic E-state index is 9.05. The van der Waals surface area contributed by atoms with E-state index in [1.807, 2.05) is 120 Å². The normalized spacial score (nSPS) is 11.0. The predicted molar refractivity (Wildman–Crippen MR) is 335 cm³/mol. The van der Waals surface area contributed by atoms with Crippen LogP contribution in [0, 0.1) is 18.3 Å². The van der Waals surface area contributed by atoms with Crippen molar-refractivity contribution in [2.75, 3.05) is 0 Å². The number of imidazole rings is 2. The zero-order valence-electron chi connectivity index (χ0n) is 49.9. The number of aromatic nitrogens is 11. The third kappa shape index (κ3) is 16.5. The van der Waals surface area contributed by atoms with E-state index in [2.05, 4.69) is 226 Å². The number of aryl methyl sites for hydroxylation is 1. The quantitative estimate of drug-likeness (QED) is 0.157. The number of rotatable bonds is 7. The molecule has 80 heavy (non-hydrogen) atoms.